The van der Waals surface area contributed by atoms with Gasteiger partial charge in [0.2, 0.25) is 0 Å². The van der Waals surface area contributed by atoms with E-state index in [-0.39, 0.29) is 11.9 Å². The quantitative estimate of drug-likeness (QED) is 0.852. The summed E-state index contributed by atoms with van der Waals surface area (Å²) in [4.78, 5) is 17.1. The van der Waals surface area contributed by atoms with E-state index in [2.05, 4.69) is 18.7 Å². The van der Waals surface area contributed by atoms with Crippen LogP contribution in [0.1, 0.15) is 37.0 Å². The lowest BCUT2D eigenvalue weighted by atomic mass is 10.0. The van der Waals surface area contributed by atoms with Crippen molar-refractivity contribution in [3.8, 4) is 5.75 Å². The van der Waals surface area contributed by atoms with Gasteiger partial charge in [0.25, 0.3) is 5.91 Å². The molecule has 1 heterocycles. The van der Waals surface area contributed by atoms with Gasteiger partial charge in [-0.3, -0.25) is 4.79 Å². The van der Waals surface area contributed by atoms with E-state index in [0.717, 1.165) is 25.9 Å². The van der Waals surface area contributed by atoms with Gasteiger partial charge in [0, 0.05) is 37.2 Å². The van der Waals surface area contributed by atoms with Crippen LogP contribution in [0.3, 0.4) is 0 Å². The van der Waals surface area contributed by atoms with Crippen LogP contribution in [0.2, 0.25) is 5.02 Å². The van der Waals surface area contributed by atoms with Gasteiger partial charge in [-0.15, -0.1) is 0 Å². The Morgan fingerprint density at radius 1 is 1.36 bits per heavy atom. The molecule has 0 aromatic heterocycles. The first-order valence-electron chi connectivity index (χ1n) is 7.78. The van der Waals surface area contributed by atoms with E-state index in [4.69, 9.17) is 16.3 Å². The van der Waals surface area contributed by atoms with E-state index < -0.39 is 0 Å². The van der Waals surface area contributed by atoms with E-state index in [0.29, 0.717) is 22.4 Å². The summed E-state index contributed by atoms with van der Waals surface area (Å²) in [7, 11) is 3.44. The van der Waals surface area contributed by atoms with Gasteiger partial charge in [0.05, 0.1) is 12.7 Å². The summed E-state index contributed by atoms with van der Waals surface area (Å²) in [5.41, 5.74) is 0.531. The Morgan fingerprint density at radius 2 is 2.00 bits per heavy atom. The third-order valence-electron chi connectivity index (χ3n) is 4.49. The van der Waals surface area contributed by atoms with Crippen LogP contribution in [0.4, 0.5) is 0 Å². The Bertz CT molecular complexity index is 525. The molecule has 1 aliphatic heterocycles. The SMILES string of the molecule is COc1ccc(Cl)cc1C(=O)N(C)C1CCN(C(C)C)CC1. The van der Waals surface area contributed by atoms with Crippen LogP contribution < -0.4 is 4.74 Å². The highest BCUT2D eigenvalue weighted by Crippen LogP contribution is 2.26. The Hall–Kier alpha value is -1.26. The van der Waals surface area contributed by atoms with Gasteiger partial charge in [-0.1, -0.05) is 11.6 Å². The Balaban J connectivity index is 2.08. The number of carbonyl (C=O) groups is 1. The van der Waals surface area contributed by atoms with Crippen molar-refractivity contribution in [3.05, 3.63) is 28.8 Å². The van der Waals surface area contributed by atoms with E-state index in [1.807, 2.05) is 11.9 Å². The lowest BCUT2D eigenvalue weighted by Crippen LogP contribution is -2.47. The number of hydrogen-bond donors (Lipinski definition) is 0. The van der Waals surface area contributed by atoms with Gasteiger partial charge in [-0.05, 0) is 44.9 Å². The highest BCUT2D eigenvalue weighted by atomic mass is 35.5. The molecule has 1 aromatic rings. The molecule has 0 radical (unpaired) electrons. The number of carbonyl (C=O) groups excluding carboxylic acids is 1. The summed E-state index contributed by atoms with van der Waals surface area (Å²) in [5, 5.41) is 0.548. The molecule has 0 aliphatic carbocycles. The highest BCUT2D eigenvalue weighted by molar-refractivity contribution is 6.31. The number of benzene rings is 1. The van der Waals surface area contributed by atoms with Gasteiger partial charge >= 0.3 is 0 Å². The molecule has 4 nitrogen and oxygen atoms in total. The van der Waals surface area contributed by atoms with Crippen molar-refractivity contribution >= 4 is 17.5 Å². The first kappa shape index (κ1) is 17.1. The van der Waals surface area contributed by atoms with Crippen molar-refractivity contribution in [2.24, 2.45) is 0 Å². The molecule has 5 heteroatoms. The molecule has 1 amide bonds. The van der Waals surface area contributed by atoms with Crippen LogP contribution >= 0.6 is 11.6 Å². The van der Waals surface area contributed by atoms with E-state index in [1.54, 1.807) is 25.3 Å². The number of methoxy groups -OCH3 is 1. The molecular formula is C17H25ClN2O2. The molecule has 1 aromatic carbocycles. The molecule has 1 saturated heterocycles. The molecule has 1 aliphatic rings. The fourth-order valence-electron chi connectivity index (χ4n) is 2.99. The predicted octanol–water partition coefficient (Wildman–Crippen LogP) is 3.29. The van der Waals surface area contributed by atoms with Gasteiger partial charge < -0.3 is 14.5 Å². The topological polar surface area (TPSA) is 32.8 Å². The second-order valence-electron chi connectivity index (χ2n) is 6.12. The summed E-state index contributed by atoms with van der Waals surface area (Å²) < 4.78 is 5.29. The second-order valence-corrected chi connectivity index (χ2v) is 6.56. The van der Waals surface area contributed by atoms with Crippen LogP contribution in [-0.4, -0.2) is 55.0 Å². The molecule has 0 spiro atoms. The molecular weight excluding hydrogens is 300 g/mol. The van der Waals surface area contributed by atoms with Gasteiger partial charge in [0.1, 0.15) is 5.75 Å². The average molecular weight is 325 g/mol. The van der Waals surface area contributed by atoms with Gasteiger partial charge in [-0.2, -0.15) is 0 Å². The summed E-state index contributed by atoms with van der Waals surface area (Å²) >= 11 is 6.03. The minimum Gasteiger partial charge on any atom is -0.496 e. The third kappa shape index (κ3) is 3.73. The standard InChI is InChI=1S/C17H25ClN2O2/c1-12(2)20-9-7-14(8-10-20)19(3)17(21)15-11-13(18)5-6-16(15)22-4/h5-6,11-12,14H,7-10H2,1-4H3. The minimum atomic E-state index is -0.0256. The number of amides is 1. The van der Waals surface area contributed by atoms with Crippen molar-refractivity contribution in [2.75, 3.05) is 27.2 Å². The lowest BCUT2D eigenvalue weighted by molar-refractivity contribution is 0.0612. The predicted molar refractivity (Wildman–Crippen MR) is 89.8 cm³/mol. The molecule has 22 heavy (non-hydrogen) atoms. The maximum atomic E-state index is 12.8. The largest absolute Gasteiger partial charge is 0.496 e. The van der Waals surface area contributed by atoms with Crippen molar-refractivity contribution in [1.82, 2.24) is 9.80 Å². The number of ether oxygens (including phenoxy) is 1. The molecule has 2 rings (SSSR count). The number of nitrogens with zero attached hydrogens (tertiary/aromatic N) is 2. The van der Waals surface area contributed by atoms with Crippen LogP contribution in [0, 0.1) is 0 Å². The van der Waals surface area contributed by atoms with E-state index in [1.165, 1.54) is 0 Å². The van der Waals surface area contributed by atoms with Crippen LogP contribution in [0.5, 0.6) is 5.75 Å². The second kappa shape index (κ2) is 7.34. The molecule has 1 fully saturated rings. The Labute approximate surface area is 138 Å². The van der Waals surface area contributed by atoms with Gasteiger partial charge in [-0.25, -0.2) is 0 Å². The van der Waals surface area contributed by atoms with Crippen molar-refractivity contribution in [3.63, 3.8) is 0 Å². The normalized spacial score (nSPS) is 16.8. The molecule has 0 atom stereocenters. The maximum Gasteiger partial charge on any atom is 0.257 e. The Kier molecular flexibility index (Phi) is 5.70. The number of halogens is 1. The Morgan fingerprint density at radius 3 is 2.55 bits per heavy atom. The molecule has 122 valence electrons. The zero-order valence-corrected chi connectivity index (χ0v) is 14.6. The third-order valence-corrected chi connectivity index (χ3v) is 4.72. The molecule has 0 saturated carbocycles. The van der Waals surface area contributed by atoms with Crippen molar-refractivity contribution in [2.45, 2.75) is 38.8 Å². The minimum absolute atomic E-state index is 0.0256. The van der Waals surface area contributed by atoms with E-state index in [9.17, 15) is 4.79 Å². The number of rotatable bonds is 4. The summed E-state index contributed by atoms with van der Waals surface area (Å²) in [6.45, 7) is 6.50. The number of hydrogen-bond acceptors (Lipinski definition) is 3. The first-order chi connectivity index (χ1) is 10.4. The number of likely N-dealkylation sites (tertiary alicyclic amines) is 1. The smallest absolute Gasteiger partial charge is 0.257 e. The fourth-order valence-corrected chi connectivity index (χ4v) is 3.16. The maximum absolute atomic E-state index is 12.8. The summed E-state index contributed by atoms with van der Waals surface area (Å²) in [6.07, 6.45) is 2.01. The zero-order valence-electron chi connectivity index (χ0n) is 13.8. The van der Waals surface area contributed by atoms with Crippen molar-refractivity contribution < 1.29 is 9.53 Å². The monoisotopic (exact) mass is 324 g/mol. The highest BCUT2D eigenvalue weighted by Gasteiger charge is 2.28. The number of piperidine rings is 1. The average Bonchev–Trinajstić information content (AvgIpc) is 2.53. The molecule has 0 N–H and O–H groups in total. The lowest BCUT2D eigenvalue weighted by Gasteiger charge is -2.38. The molecule has 0 bridgehead atoms. The zero-order chi connectivity index (χ0) is 16.3. The van der Waals surface area contributed by atoms with Crippen LogP contribution in [0.25, 0.3) is 0 Å². The summed E-state index contributed by atoms with van der Waals surface area (Å²) in [6, 6.07) is 5.99. The van der Waals surface area contributed by atoms with Crippen molar-refractivity contribution in [1.29, 1.82) is 0 Å². The van der Waals surface area contributed by atoms with Crippen LogP contribution in [-0.2, 0) is 0 Å². The first-order valence-corrected chi connectivity index (χ1v) is 8.16. The molecule has 0 unspecified atom stereocenters. The fraction of sp³-hybridized carbons (Fsp3) is 0.588. The van der Waals surface area contributed by atoms with Crippen LogP contribution in [0.15, 0.2) is 18.2 Å². The van der Waals surface area contributed by atoms with E-state index >= 15 is 0 Å². The summed E-state index contributed by atoms with van der Waals surface area (Å²) in [5.74, 6) is 0.545. The van der Waals surface area contributed by atoms with Gasteiger partial charge in [0.15, 0.2) is 0 Å².